The Bertz CT molecular complexity index is 160. The molecule has 1 nitrogen and oxygen atoms in total. The molecule has 2 atom stereocenters. The number of fused-ring (bicyclic) bond motifs is 1. The Kier molecular flexibility index (Phi) is 1.54. The minimum absolute atomic E-state index is 0.770. The average Bonchev–Trinajstić information content (AvgIpc) is 2.55. The molecule has 11 heavy (non-hydrogen) atoms. The maximum atomic E-state index is 2.64. The van der Waals surface area contributed by atoms with Gasteiger partial charge in [0.05, 0.1) is 0 Å². The number of nitrogens with zero attached hydrogens (tertiary/aromatic N) is 1. The fourth-order valence-corrected chi connectivity index (χ4v) is 2.57. The van der Waals surface area contributed by atoms with Crippen molar-refractivity contribution in [3.8, 4) is 0 Å². The first kappa shape index (κ1) is 7.60. The van der Waals surface area contributed by atoms with E-state index in [0.717, 1.165) is 17.4 Å². The van der Waals surface area contributed by atoms with Gasteiger partial charge in [0.15, 0.2) is 0 Å². The van der Waals surface area contributed by atoms with Gasteiger partial charge in [0.2, 0.25) is 0 Å². The van der Waals surface area contributed by atoms with Crippen LogP contribution >= 0.6 is 0 Å². The second-order valence-electron chi connectivity index (χ2n) is 4.64. The molecule has 1 saturated carbocycles. The predicted molar refractivity (Wildman–Crippen MR) is 47.5 cm³/mol. The largest absolute Gasteiger partial charge is 0.300 e. The van der Waals surface area contributed by atoms with Gasteiger partial charge < -0.3 is 4.90 Å². The molecule has 2 unspecified atom stereocenters. The zero-order valence-corrected chi connectivity index (χ0v) is 7.93. The first-order valence-corrected chi connectivity index (χ1v) is 4.92. The van der Waals surface area contributed by atoms with Gasteiger partial charge >= 0.3 is 0 Å². The molecule has 0 N–H and O–H groups in total. The van der Waals surface area contributed by atoms with E-state index >= 15 is 0 Å². The maximum absolute atomic E-state index is 2.64. The molecule has 1 aliphatic heterocycles. The van der Waals surface area contributed by atoms with E-state index in [2.05, 4.69) is 25.7 Å². The van der Waals surface area contributed by atoms with Gasteiger partial charge in [-0.3, -0.25) is 0 Å². The number of piperidine rings is 1. The van der Waals surface area contributed by atoms with Crippen LogP contribution in [-0.2, 0) is 0 Å². The standard InChI is InChI=1S/C10H19N/c1-4-10-5-9(10)6-11(7-10)8(2)3/h8-9H,4-7H2,1-3H3. The molecule has 2 fully saturated rings. The molecule has 0 aromatic heterocycles. The summed E-state index contributed by atoms with van der Waals surface area (Å²) >= 11 is 0. The highest BCUT2D eigenvalue weighted by atomic mass is 15.2. The van der Waals surface area contributed by atoms with E-state index in [1.54, 1.807) is 0 Å². The summed E-state index contributed by atoms with van der Waals surface area (Å²) in [6.07, 6.45) is 2.92. The van der Waals surface area contributed by atoms with E-state index in [1.807, 2.05) is 0 Å². The third-order valence-corrected chi connectivity index (χ3v) is 3.77. The van der Waals surface area contributed by atoms with Crippen LogP contribution in [-0.4, -0.2) is 24.0 Å². The van der Waals surface area contributed by atoms with E-state index in [9.17, 15) is 0 Å². The highest BCUT2D eigenvalue weighted by Crippen LogP contribution is 2.60. The van der Waals surface area contributed by atoms with E-state index in [-0.39, 0.29) is 0 Å². The normalized spacial score (nSPS) is 43.1. The highest BCUT2D eigenvalue weighted by Gasteiger charge is 2.58. The third kappa shape index (κ3) is 1.01. The third-order valence-electron chi connectivity index (χ3n) is 3.77. The van der Waals surface area contributed by atoms with E-state index in [0.29, 0.717) is 0 Å². The molecule has 0 aromatic carbocycles. The minimum Gasteiger partial charge on any atom is -0.300 e. The smallest absolute Gasteiger partial charge is 0.00439 e. The Labute approximate surface area is 69.8 Å². The second kappa shape index (κ2) is 2.22. The zero-order valence-electron chi connectivity index (χ0n) is 7.93. The van der Waals surface area contributed by atoms with Crippen LogP contribution in [0.4, 0.5) is 0 Å². The number of hydrogen-bond donors (Lipinski definition) is 0. The summed E-state index contributed by atoms with van der Waals surface area (Å²) in [5, 5.41) is 0. The summed E-state index contributed by atoms with van der Waals surface area (Å²) in [6.45, 7) is 9.74. The summed E-state index contributed by atoms with van der Waals surface area (Å²) in [5.41, 5.74) is 0.782. The summed E-state index contributed by atoms with van der Waals surface area (Å²) < 4.78 is 0. The van der Waals surface area contributed by atoms with Crippen molar-refractivity contribution in [2.75, 3.05) is 13.1 Å². The number of likely N-dealkylation sites (tertiary alicyclic amines) is 1. The molecule has 1 heteroatoms. The average molecular weight is 153 g/mol. The molecular weight excluding hydrogens is 134 g/mol. The molecule has 0 amide bonds. The van der Waals surface area contributed by atoms with E-state index in [4.69, 9.17) is 0 Å². The molecule has 0 spiro atoms. The fourth-order valence-electron chi connectivity index (χ4n) is 2.57. The fraction of sp³-hybridized carbons (Fsp3) is 1.00. The quantitative estimate of drug-likeness (QED) is 0.587. The van der Waals surface area contributed by atoms with Crippen LogP contribution in [0.25, 0.3) is 0 Å². The first-order chi connectivity index (χ1) is 5.18. The molecule has 2 rings (SSSR count). The molecule has 1 heterocycles. The Morgan fingerprint density at radius 3 is 2.64 bits per heavy atom. The van der Waals surface area contributed by atoms with Gasteiger partial charge in [-0.15, -0.1) is 0 Å². The van der Waals surface area contributed by atoms with Gasteiger partial charge in [-0.25, -0.2) is 0 Å². The zero-order chi connectivity index (χ0) is 8.06. The summed E-state index contributed by atoms with van der Waals surface area (Å²) in [4.78, 5) is 2.64. The van der Waals surface area contributed by atoms with Crippen LogP contribution in [0.15, 0.2) is 0 Å². The van der Waals surface area contributed by atoms with Crippen molar-refractivity contribution >= 4 is 0 Å². The van der Waals surface area contributed by atoms with Crippen LogP contribution in [0, 0.1) is 11.3 Å². The van der Waals surface area contributed by atoms with Crippen molar-refractivity contribution in [1.82, 2.24) is 4.90 Å². The molecular formula is C10H19N. The van der Waals surface area contributed by atoms with Crippen molar-refractivity contribution in [3.05, 3.63) is 0 Å². The Balaban J connectivity index is 1.97. The molecule has 1 aliphatic carbocycles. The number of rotatable bonds is 2. The van der Waals surface area contributed by atoms with E-state index in [1.165, 1.54) is 25.9 Å². The van der Waals surface area contributed by atoms with Crippen LogP contribution in [0.5, 0.6) is 0 Å². The van der Waals surface area contributed by atoms with Gasteiger partial charge in [-0.2, -0.15) is 0 Å². The number of hydrogen-bond acceptors (Lipinski definition) is 1. The maximum Gasteiger partial charge on any atom is 0.00439 e. The summed E-state index contributed by atoms with van der Waals surface area (Å²) in [7, 11) is 0. The SMILES string of the molecule is CCC12CC1CN(C(C)C)C2. The van der Waals surface area contributed by atoms with Crippen LogP contribution in [0.3, 0.4) is 0 Å². The van der Waals surface area contributed by atoms with Gasteiger partial charge in [0, 0.05) is 19.1 Å². The van der Waals surface area contributed by atoms with Crippen molar-refractivity contribution in [2.24, 2.45) is 11.3 Å². The topological polar surface area (TPSA) is 3.24 Å². The monoisotopic (exact) mass is 153 g/mol. The van der Waals surface area contributed by atoms with Crippen LogP contribution < -0.4 is 0 Å². The lowest BCUT2D eigenvalue weighted by molar-refractivity contribution is 0.228. The van der Waals surface area contributed by atoms with Crippen molar-refractivity contribution in [3.63, 3.8) is 0 Å². The molecule has 64 valence electrons. The summed E-state index contributed by atoms with van der Waals surface area (Å²) in [6, 6.07) is 0.770. The molecule has 2 aliphatic rings. The Morgan fingerprint density at radius 2 is 2.27 bits per heavy atom. The molecule has 0 bridgehead atoms. The lowest BCUT2D eigenvalue weighted by atomic mass is 10.0. The lowest BCUT2D eigenvalue weighted by Crippen LogP contribution is -2.31. The van der Waals surface area contributed by atoms with Gasteiger partial charge in [0.25, 0.3) is 0 Å². The van der Waals surface area contributed by atoms with Crippen LogP contribution in [0.1, 0.15) is 33.6 Å². The molecule has 1 saturated heterocycles. The van der Waals surface area contributed by atoms with Gasteiger partial charge in [0.1, 0.15) is 0 Å². The van der Waals surface area contributed by atoms with Crippen molar-refractivity contribution in [2.45, 2.75) is 39.7 Å². The van der Waals surface area contributed by atoms with Crippen molar-refractivity contribution in [1.29, 1.82) is 0 Å². The van der Waals surface area contributed by atoms with Gasteiger partial charge in [-0.1, -0.05) is 6.92 Å². The second-order valence-corrected chi connectivity index (χ2v) is 4.64. The first-order valence-electron chi connectivity index (χ1n) is 4.92. The van der Waals surface area contributed by atoms with Crippen LogP contribution in [0.2, 0.25) is 0 Å². The molecule has 0 radical (unpaired) electrons. The van der Waals surface area contributed by atoms with E-state index < -0.39 is 0 Å². The Morgan fingerprint density at radius 1 is 1.55 bits per heavy atom. The van der Waals surface area contributed by atoms with Gasteiger partial charge in [-0.05, 0) is 38.0 Å². The minimum atomic E-state index is 0.770. The molecule has 0 aromatic rings. The summed E-state index contributed by atoms with van der Waals surface area (Å²) in [5.74, 6) is 1.06. The van der Waals surface area contributed by atoms with Crippen molar-refractivity contribution < 1.29 is 0 Å². The Hall–Kier alpha value is -0.0400. The predicted octanol–water partition coefficient (Wildman–Crippen LogP) is 2.13. The highest BCUT2D eigenvalue weighted by molar-refractivity contribution is 5.09. The lowest BCUT2D eigenvalue weighted by Gasteiger charge is -2.23.